The highest BCUT2D eigenvalue weighted by atomic mass is 32.1. The van der Waals surface area contributed by atoms with Gasteiger partial charge in [0.1, 0.15) is 5.69 Å². The summed E-state index contributed by atoms with van der Waals surface area (Å²) in [6.45, 7) is 4.02. The molecule has 66 valence electrons. The van der Waals surface area contributed by atoms with Crippen molar-refractivity contribution < 1.29 is 4.79 Å². The van der Waals surface area contributed by atoms with E-state index in [1.807, 2.05) is 13.8 Å². The number of nitrogens with two attached hydrogens (primary N) is 1. The Kier molecular flexibility index (Phi) is 2.81. The van der Waals surface area contributed by atoms with Crippen molar-refractivity contribution in [2.75, 3.05) is 0 Å². The molecule has 0 unspecified atom stereocenters. The summed E-state index contributed by atoms with van der Waals surface area (Å²) in [5.74, 6) is -0.414. The zero-order valence-corrected chi connectivity index (χ0v) is 8.07. The van der Waals surface area contributed by atoms with Gasteiger partial charge >= 0.3 is 0 Å². The Morgan fingerprint density at radius 3 is 2.50 bits per heavy atom. The molecule has 1 rings (SSSR count). The van der Waals surface area contributed by atoms with Crippen LogP contribution in [0.15, 0.2) is 0 Å². The summed E-state index contributed by atoms with van der Waals surface area (Å²) in [7, 11) is 0. The van der Waals surface area contributed by atoms with Crippen LogP contribution in [0.5, 0.6) is 0 Å². The lowest BCUT2D eigenvalue weighted by Gasteiger charge is -1.90. The van der Waals surface area contributed by atoms with Crippen LogP contribution < -0.4 is 5.73 Å². The van der Waals surface area contributed by atoms with Crippen LogP contribution in [0.25, 0.3) is 0 Å². The average molecular weight is 184 g/mol. The van der Waals surface area contributed by atoms with Gasteiger partial charge in [0.05, 0.1) is 5.01 Å². The molecule has 3 nitrogen and oxygen atoms in total. The number of hydrogen-bond donors (Lipinski definition) is 1. The first-order chi connectivity index (χ1) is 5.69. The summed E-state index contributed by atoms with van der Waals surface area (Å²) in [5.41, 5.74) is 5.62. The summed E-state index contributed by atoms with van der Waals surface area (Å²) in [5, 5.41) is 0.987. The summed E-state index contributed by atoms with van der Waals surface area (Å²) >= 11 is 1.58. The highest BCUT2D eigenvalue weighted by molar-refractivity contribution is 7.11. The zero-order valence-electron chi connectivity index (χ0n) is 7.26. The normalized spacial score (nSPS) is 10.2. The van der Waals surface area contributed by atoms with E-state index in [-0.39, 0.29) is 0 Å². The largest absolute Gasteiger partial charge is 0.364 e. The first-order valence-corrected chi connectivity index (χ1v) is 4.79. The van der Waals surface area contributed by atoms with Crippen LogP contribution in [0.1, 0.15) is 34.2 Å². The molecule has 0 aliphatic rings. The highest BCUT2D eigenvalue weighted by Gasteiger charge is 2.12. The molecule has 0 bridgehead atoms. The van der Waals surface area contributed by atoms with Crippen LogP contribution in [0.2, 0.25) is 0 Å². The monoisotopic (exact) mass is 184 g/mol. The van der Waals surface area contributed by atoms with Gasteiger partial charge in [-0.25, -0.2) is 4.98 Å². The number of nitrogens with zero attached hydrogens (tertiary/aromatic N) is 1. The molecule has 0 atom stereocenters. The molecule has 1 amide bonds. The molecule has 2 N–H and O–H groups in total. The maximum atomic E-state index is 10.9. The molecular formula is C8H12N2OS. The molecule has 4 heteroatoms. The van der Waals surface area contributed by atoms with Gasteiger partial charge in [-0.1, -0.05) is 13.8 Å². The number of rotatable bonds is 3. The molecule has 0 radical (unpaired) electrons. The molecule has 0 aliphatic carbocycles. The van der Waals surface area contributed by atoms with Gasteiger partial charge in [0.15, 0.2) is 0 Å². The number of aryl methyl sites for hydroxylation is 2. The van der Waals surface area contributed by atoms with Gasteiger partial charge in [0, 0.05) is 4.88 Å². The summed E-state index contributed by atoms with van der Waals surface area (Å²) in [6.07, 6.45) is 1.70. The number of carbonyl (C=O) groups is 1. The highest BCUT2D eigenvalue weighted by Crippen LogP contribution is 2.18. The third kappa shape index (κ3) is 1.64. The molecule has 0 aliphatic heterocycles. The molecule has 0 fully saturated rings. The second kappa shape index (κ2) is 3.67. The van der Waals surface area contributed by atoms with E-state index in [9.17, 15) is 4.79 Å². The Labute approximate surface area is 75.6 Å². The van der Waals surface area contributed by atoms with E-state index in [1.165, 1.54) is 0 Å². The lowest BCUT2D eigenvalue weighted by Crippen LogP contribution is -2.13. The number of primary amides is 1. The number of aromatic nitrogens is 1. The van der Waals surface area contributed by atoms with Crippen LogP contribution in [0.3, 0.4) is 0 Å². The van der Waals surface area contributed by atoms with Crippen molar-refractivity contribution in [3.8, 4) is 0 Å². The second-order valence-corrected chi connectivity index (χ2v) is 3.62. The SMILES string of the molecule is CCc1nc(C(N)=O)c(CC)s1. The summed E-state index contributed by atoms with van der Waals surface area (Å²) < 4.78 is 0. The Morgan fingerprint density at radius 2 is 2.17 bits per heavy atom. The maximum absolute atomic E-state index is 10.9. The van der Waals surface area contributed by atoms with E-state index in [2.05, 4.69) is 4.98 Å². The van der Waals surface area contributed by atoms with Crippen molar-refractivity contribution in [3.05, 3.63) is 15.6 Å². The molecule has 1 aromatic heterocycles. The van der Waals surface area contributed by atoms with Gasteiger partial charge in [0.25, 0.3) is 5.91 Å². The number of amides is 1. The lowest BCUT2D eigenvalue weighted by atomic mass is 10.3. The molecule has 1 heterocycles. The first kappa shape index (κ1) is 9.19. The average Bonchev–Trinajstić information content (AvgIpc) is 2.47. The van der Waals surface area contributed by atoms with Crippen LogP contribution in [0, 0.1) is 0 Å². The van der Waals surface area contributed by atoms with E-state index < -0.39 is 5.91 Å². The third-order valence-electron chi connectivity index (χ3n) is 1.60. The van der Waals surface area contributed by atoms with Gasteiger partial charge in [-0.15, -0.1) is 11.3 Å². The zero-order chi connectivity index (χ0) is 9.14. The first-order valence-electron chi connectivity index (χ1n) is 3.97. The van der Waals surface area contributed by atoms with Gasteiger partial charge < -0.3 is 5.73 Å². The van der Waals surface area contributed by atoms with Gasteiger partial charge in [-0.3, -0.25) is 4.79 Å². The van der Waals surface area contributed by atoms with E-state index >= 15 is 0 Å². The predicted octanol–water partition coefficient (Wildman–Crippen LogP) is 1.37. The van der Waals surface area contributed by atoms with Crippen molar-refractivity contribution in [2.24, 2.45) is 5.73 Å². The van der Waals surface area contributed by atoms with Gasteiger partial charge in [-0.05, 0) is 12.8 Å². The third-order valence-corrected chi connectivity index (χ3v) is 2.94. The van der Waals surface area contributed by atoms with Crippen molar-refractivity contribution in [3.63, 3.8) is 0 Å². The number of carbonyl (C=O) groups excluding carboxylic acids is 1. The minimum absolute atomic E-state index is 0.414. The topological polar surface area (TPSA) is 56.0 Å². The minimum Gasteiger partial charge on any atom is -0.364 e. The van der Waals surface area contributed by atoms with E-state index in [4.69, 9.17) is 5.73 Å². The Hall–Kier alpha value is -0.900. The molecule has 0 aromatic carbocycles. The smallest absolute Gasteiger partial charge is 0.268 e. The Bertz CT molecular complexity index is 293. The standard InChI is InChI=1S/C8H12N2OS/c1-3-5-7(8(9)11)10-6(4-2)12-5/h3-4H2,1-2H3,(H2,9,11). The van der Waals surface area contributed by atoms with Crippen LogP contribution >= 0.6 is 11.3 Å². The minimum atomic E-state index is -0.414. The van der Waals surface area contributed by atoms with Crippen LogP contribution in [0.4, 0.5) is 0 Å². The van der Waals surface area contributed by atoms with Crippen molar-refractivity contribution in [1.29, 1.82) is 0 Å². The molecule has 12 heavy (non-hydrogen) atoms. The van der Waals surface area contributed by atoms with Crippen LogP contribution in [-0.2, 0) is 12.8 Å². The van der Waals surface area contributed by atoms with Gasteiger partial charge in [0.2, 0.25) is 0 Å². The quantitative estimate of drug-likeness (QED) is 0.771. The maximum Gasteiger partial charge on any atom is 0.268 e. The fourth-order valence-corrected chi connectivity index (χ4v) is 1.94. The van der Waals surface area contributed by atoms with Crippen molar-refractivity contribution in [2.45, 2.75) is 26.7 Å². The fraction of sp³-hybridized carbons (Fsp3) is 0.500. The van der Waals surface area contributed by atoms with Crippen LogP contribution in [-0.4, -0.2) is 10.9 Å². The van der Waals surface area contributed by atoms with Crippen molar-refractivity contribution in [1.82, 2.24) is 4.98 Å². The van der Waals surface area contributed by atoms with E-state index in [1.54, 1.807) is 11.3 Å². The van der Waals surface area contributed by atoms with Gasteiger partial charge in [-0.2, -0.15) is 0 Å². The fourth-order valence-electron chi connectivity index (χ4n) is 0.984. The number of hydrogen-bond acceptors (Lipinski definition) is 3. The Morgan fingerprint density at radius 1 is 1.50 bits per heavy atom. The molecule has 0 spiro atoms. The molecular weight excluding hydrogens is 172 g/mol. The van der Waals surface area contributed by atoms with E-state index in [0.29, 0.717) is 5.69 Å². The lowest BCUT2D eigenvalue weighted by molar-refractivity contribution is 0.0995. The summed E-state index contributed by atoms with van der Waals surface area (Å²) in [4.78, 5) is 16.0. The number of thiazole rings is 1. The molecule has 0 saturated heterocycles. The molecule has 0 saturated carbocycles. The predicted molar refractivity (Wildman–Crippen MR) is 49.4 cm³/mol. The summed E-state index contributed by atoms with van der Waals surface area (Å²) in [6, 6.07) is 0. The van der Waals surface area contributed by atoms with E-state index in [0.717, 1.165) is 22.7 Å². The Balaban J connectivity index is 3.08. The van der Waals surface area contributed by atoms with Crippen molar-refractivity contribution >= 4 is 17.2 Å². The molecule has 1 aromatic rings. The second-order valence-electron chi connectivity index (χ2n) is 2.45.